The van der Waals surface area contributed by atoms with Crippen LogP contribution in [0.15, 0.2) is 0 Å². The van der Waals surface area contributed by atoms with Crippen LogP contribution < -0.4 is 10.2 Å². The van der Waals surface area contributed by atoms with Crippen LogP contribution in [0, 0.1) is 29.1 Å². The first-order valence-corrected chi connectivity index (χ1v) is 5.86. The van der Waals surface area contributed by atoms with Gasteiger partial charge in [-0.3, -0.25) is 0 Å². The Bertz CT molecular complexity index is 476. The molecule has 1 aliphatic heterocycles. The largest absolute Gasteiger partial charge is 0.361 e. The topological polar surface area (TPSA) is 15.3 Å². The number of rotatable bonds is 1. The predicted octanol–water partition coefficient (Wildman–Crippen LogP) is 2.57. The van der Waals surface area contributed by atoms with E-state index in [2.05, 4.69) is 5.32 Å². The van der Waals surface area contributed by atoms with E-state index in [1.165, 1.54) is 4.90 Å². The first-order valence-electron chi connectivity index (χ1n) is 5.86. The van der Waals surface area contributed by atoms with Gasteiger partial charge in [-0.25, -0.2) is 22.0 Å². The van der Waals surface area contributed by atoms with Crippen molar-refractivity contribution >= 4 is 5.69 Å². The first-order chi connectivity index (χ1) is 8.84. The molecule has 0 radical (unpaired) electrons. The fourth-order valence-corrected chi connectivity index (χ4v) is 2.18. The molecule has 1 saturated heterocycles. The van der Waals surface area contributed by atoms with Crippen LogP contribution in [0.5, 0.6) is 0 Å². The van der Waals surface area contributed by atoms with Gasteiger partial charge in [0.2, 0.25) is 5.82 Å². The van der Waals surface area contributed by atoms with Crippen molar-refractivity contribution in [2.45, 2.75) is 25.9 Å². The van der Waals surface area contributed by atoms with Gasteiger partial charge in [0.25, 0.3) is 0 Å². The minimum absolute atomic E-state index is 0.105. The van der Waals surface area contributed by atoms with Gasteiger partial charge in [0.05, 0.1) is 0 Å². The Morgan fingerprint density at radius 1 is 0.895 bits per heavy atom. The molecule has 19 heavy (non-hydrogen) atoms. The summed E-state index contributed by atoms with van der Waals surface area (Å²) >= 11 is 0. The Kier molecular flexibility index (Phi) is 3.66. The van der Waals surface area contributed by atoms with Crippen molar-refractivity contribution in [1.82, 2.24) is 5.32 Å². The lowest BCUT2D eigenvalue weighted by atomic mass is 10.1. The normalized spacial score (nSPS) is 23.8. The molecule has 0 bridgehead atoms. The number of hydrogen-bond donors (Lipinski definition) is 1. The second-order valence-electron chi connectivity index (χ2n) is 4.73. The van der Waals surface area contributed by atoms with Gasteiger partial charge in [0, 0.05) is 25.2 Å². The molecule has 1 aromatic rings. The summed E-state index contributed by atoms with van der Waals surface area (Å²) in [5.41, 5.74) is -0.850. The maximum atomic E-state index is 13.7. The Balaban J connectivity index is 2.55. The van der Waals surface area contributed by atoms with Crippen LogP contribution in [0.2, 0.25) is 0 Å². The van der Waals surface area contributed by atoms with Crippen LogP contribution in [0.4, 0.5) is 27.6 Å². The summed E-state index contributed by atoms with van der Waals surface area (Å²) in [5.74, 6) is -9.51. The average Bonchev–Trinajstić information content (AvgIpc) is 2.38. The smallest absolute Gasteiger partial charge is 0.200 e. The van der Waals surface area contributed by atoms with Gasteiger partial charge in [-0.05, 0) is 13.8 Å². The highest BCUT2D eigenvalue weighted by atomic mass is 19.2. The van der Waals surface area contributed by atoms with E-state index in [1.54, 1.807) is 13.8 Å². The molecule has 1 aliphatic rings. The lowest BCUT2D eigenvalue weighted by Gasteiger charge is -2.39. The molecule has 1 fully saturated rings. The van der Waals surface area contributed by atoms with Gasteiger partial charge in [-0.15, -0.1) is 0 Å². The van der Waals surface area contributed by atoms with Crippen LogP contribution in [-0.2, 0) is 0 Å². The summed E-state index contributed by atoms with van der Waals surface area (Å²) in [4.78, 5) is 1.21. The number of benzene rings is 1. The van der Waals surface area contributed by atoms with Crippen LogP contribution in [0.1, 0.15) is 13.8 Å². The van der Waals surface area contributed by atoms with Crippen LogP contribution in [0.3, 0.4) is 0 Å². The van der Waals surface area contributed by atoms with Gasteiger partial charge in [0.1, 0.15) is 5.69 Å². The SMILES string of the molecule is CC1CN(c2c(F)c(F)c(F)c(F)c2F)C(C)CN1. The van der Waals surface area contributed by atoms with Crippen LogP contribution in [0.25, 0.3) is 0 Å². The van der Waals surface area contributed by atoms with E-state index >= 15 is 0 Å². The van der Waals surface area contributed by atoms with E-state index in [0.29, 0.717) is 6.54 Å². The second-order valence-corrected chi connectivity index (χ2v) is 4.73. The molecule has 106 valence electrons. The van der Waals surface area contributed by atoms with E-state index in [1.807, 2.05) is 0 Å². The number of piperazine rings is 1. The van der Waals surface area contributed by atoms with E-state index in [-0.39, 0.29) is 18.6 Å². The van der Waals surface area contributed by atoms with E-state index in [4.69, 9.17) is 0 Å². The van der Waals surface area contributed by atoms with Gasteiger partial charge >= 0.3 is 0 Å². The standard InChI is InChI=1S/C12H13F5N2/c1-5-4-19(6(2)3-18-5)12-10(16)8(14)7(13)9(15)11(12)17/h5-6,18H,3-4H2,1-2H3. The Morgan fingerprint density at radius 3 is 1.89 bits per heavy atom. The summed E-state index contributed by atoms with van der Waals surface area (Å²) in [7, 11) is 0. The third kappa shape index (κ3) is 2.27. The van der Waals surface area contributed by atoms with Crippen molar-refractivity contribution in [2.24, 2.45) is 0 Å². The van der Waals surface area contributed by atoms with Crippen molar-refractivity contribution in [2.75, 3.05) is 18.0 Å². The molecule has 1 N–H and O–H groups in total. The molecule has 0 aromatic heterocycles. The highest BCUT2D eigenvalue weighted by Gasteiger charge is 2.33. The molecule has 0 spiro atoms. The molecule has 7 heteroatoms. The third-order valence-corrected chi connectivity index (χ3v) is 3.24. The summed E-state index contributed by atoms with van der Waals surface area (Å²) in [6.45, 7) is 3.99. The van der Waals surface area contributed by atoms with Gasteiger partial charge in [-0.1, -0.05) is 0 Å². The monoisotopic (exact) mass is 280 g/mol. The number of anilines is 1. The van der Waals surface area contributed by atoms with Crippen molar-refractivity contribution in [3.63, 3.8) is 0 Å². The minimum Gasteiger partial charge on any atom is -0.361 e. The number of nitrogens with one attached hydrogen (secondary N) is 1. The van der Waals surface area contributed by atoms with Crippen LogP contribution >= 0.6 is 0 Å². The molecule has 2 atom stereocenters. The Hall–Kier alpha value is -1.37. The molecule has 2 rings (SSSR count). The van der Waals surface area contributed by atoms with Crippen molar-refractivity contribution in [3.8, 4) is 0 Å². The van der Waals surface area contributed by atoms with E-state index in [0.717, 1.165) is 0 Å². The van der Waals surface area contributed by atoms with E-state index < -0.39 is 34.8 Å². The molecule has 2 unspecified atom stereocenters. The zero-order valence-corrected chi connectivity index (χ0v) is 10.4. The fourth-order valence-electron chi connectivity index (χ4n) is 2.18. The lowest BCUT2D eigenvalue weighted by molar-refractivity contribution is 0.365. The molecule has 1 heterocycles. The van der Waals surface area contributed by atoms with Crippen LogP contribution in [-0.4, -0.2) is 25.2 Å². The zero-order chi connectivity index (χ0) is 14.3. The summed E-state index contributed by atoms with van der Waals surface area (Å²) in [5, 5.41) is 3.06. The Morgan fingerprint density at radius 2 is 1.37 bits per heavy atom. The number of halogens is 5. The summed E-state index contributed by atoms with van der Waals surface area (Å²) < 4.78 is 66.7. The van der Waals surface area contributed by atoms with Gasteiger partial charge < -0.3 is 10.2 Å². The maximum Gasteiger partial charge on any atom is 0.200 e. The lowest BCUT2D eigenvalue weighted by Crippen LogP contribution is -2.55. The average molecular weight is 280 g/mol. The number of nitrogens with zero attached hydrogens (tertiary/aromatic N) is 1. The second kappa shape index (κ2) is 4.96. The molecule has 1 aromatic carbocycles. The Labute approximate surface area is 107 Å². The molecule has 2 nitrogen and oxygen atoms in total. The van der Waals surface area contributed by atoms with Gasteiger partial charge in [0.15, 0.2) is 23.3 Å². The zero-order valence-electron chi connectivity index (χ0n) is 10.4. The molecule has 0 aliphatic carbocycles. The van der Waals surface area contributed by atoms with Crippen molar-refractivity contribution in [1.29, 1.82) is 0 Å². The summed E-state index contributed by atoms with van der Waals surface area (Å²) in [6.07, 6.45) is 0. The van der Waals surface area contributed by atoms with Gasteiger partial charge in [-0.2, -0.15) is 0 Å². The molecular weight excluding hydrogens is 267 g/mol. The van der Waals surface area contributed by atoms with Crippen molar-refractivity contribution < 1.29 is 22.0 Å². The molecule has 0 amide bonds. The minimum atomic E-state index is -2.13. The highest BCUT2D eigenvalue weighted by molar-refractivity contribution is 5.52. The van der Waals surface area contributed by atoms with Crippen molar-refractivity contribution in [3.05, 3.63) is 29.1 Å². The van der Waals surface area contributed by atoms with E-state index in [9.17, 15) is 22.0 Å². The maximum absolute atomic E-state index is 13.7. The highest BCUT2D eigenvalue weighted by Crippen LogP contribution is 2.32. The first kappa shape index (κ1) is 14.0. The molecule has 0 saturated carbocycles. The number of hydrogen-bond acceptors (Lipinski definition) is 2. The molecular formula is C12H13F5N2. The quantitative estimate of drug-likeness (QED) is 0.483. The fraction of sp³-hybridized carbons (Fsp3) is 0.500. The third-order valence-electron chi connectivity index (χ3n) is 3.24. The predicted molar refractivity (Wildman–Crippen MR) is 60.5 cm³/mol. The summed E-state index contributed by atoms with van der Waals surface area (Å²) in [6, 6.07) is -0.476.